The van der Waals surface area contributed by atoms with Gasteiger partial charge >= 0.3 is 0 Å². The van der Waals surface area contributed by atoms with Gasteiger partial charge in [0.1, 0.15) is 6.04 Å². The summed E-state index contributed by atoms with van der Waals surface area (Å²) in [6.45, 7) is 2.51. The Bertz CT molecular complexity index is 802. The van der Waals surface area contributed by atoms with Crippen molar-refractivity contribution in [1.29, 1.82) is 0 Å². The Morgan fingerprint density at radius 3 is 2.54 bits per heavy atom. The minimum absolute atomic E-state index is 0.119. The zero-order valence-corrected chi connectivity index (χ0v) is 14.2. The molecule has 1 unspecified atom stereocenters. The number of rotatable bonds is 5. The predicted octanol–water partition coefficient (Wildman–Crippen LogP) is -0.461. The van der Waals surface area contributed by atoms with Gasteiger partial charge in [0.2, 0.25) is 11.8 Å². The van der Waals surface area contributed by atoms with Crippen LogP contribution in [0.2, 0.25) is 0 Å². The van der Waals surface area contributed by atoms with Gasteiger partial charge in [0.05, 0.1) is 11.1 Å². The second-order valence-corrected chi connectivity index (χ2v) is 6.90. The Hall–Kier alpha value is -2.58. The number of nitrogens with zero attached hydrogens (tertiary/aromatic N) is 1. The SMILES string of the molecule is O=C1CCC(N2C(=O)c3ccc(CNC[C@@H]4CCN4)cc3C2=O)C(=O)N1. The molecule has 136 valence electrons. The molecule has 26 heavy (non-hydrogen) atoms. The van der Waals surface area contributed by atoms with Crippen LogP contribution in [0.3, 0.4) is 0 Å². The maximum atomic E-state index is 12.7. The first-order valence-corrected chi connectivity index (χ1v) is 8.83. The number of nitrogens with one attached hydrogen (secondary N) is 3. The Balaban J connectivity index is 1.48. The van der Waals surface area contributed by atoms with Gasteiger partial charge in [-0.1, -0.05) is 6.07 Å². The number of carbonyl (C=O) groups excluding carboxylic acids is 4. The Morgan fingerprint density at radius 1 is 1.08 bits per heavy atom. The van der Waals surface area contributed by atoms with E-state index in [-0.39, 0.29) is 18.7 Å². The molecular formula is C18H20N4O4. The number of amides is 4. The van der Waals surface area contributed by atoms with Crippen molar-refractivity contribution in [3.05, 3.63) is 34.9 Å². The van der Waals surface area contributed by atoms with Crippen LogP contribution in [-0.2, 0) is 16.1 Å². The fourth-order valence-corrected chi connectivity index (χ4v) is 3.54. The second-order valence-electron chi connectivity index (χ2n) is 6.90. The maximum Gasteiger partial charge on any atom is 0.262 e. The zero-order chi connectivity index (χ0) is 18.3. The molecule has 3 N–H and O–H groups in total. The van der Waals surface area contributed by atoms with Crippen molar-refractivity contribution in [3.8, 4) is 0 Å². The third-order valence-corrected chi connectivity index (χ3v) is 5.15. The van der Waals surface area contributed by atoms with Gasteiger partial charge in [0.25, 0.3) is 11.8 Å². The molecule has 8 heteroatoms. The minimum atomic E-state index is -0.925. The van der Waals surface area contributed by atoms with E-state index in [4.69, 9.17) is 0 Å². The van der Waals surface area contributed by atoms with Gasteiger partial charge in [0.15, 0.2) is 0 Å². The molecule has 4 amide bonds. The van der Waals surface area contributed by atoms with Crippen LogP contribution >= 0.6 is 0 Å². The minimum Gasteiger partial charge on any atom is -0.313 e. The summed E-state index contributed by atoms with van der Waals surface area (Å²) < 4.78 is 0. The molecule has 8 nitrogen and oxygen atoms in total. The highest BCUT2D eigenvalue weighted by molar-refractivity contribution is 6.23. The summed E-state index contributed by atoms with van der Waals surface area (Å²) >= 11 is 0. The number of hydrogen-bond donors (Lipinski definition) is 3. The lowest BCUT2D eigenvalue weighted by molar-refractivity contribution is -0.136. The number of fused-ring (bicyclic) bond motifs is 1. The van der Waals surface area contributed by atoms with Crippen LogP contribution in [0.15, 0.2) is 18.2 Å². The Labute approximate surface area is 150 Å². The summed E-state index contributed by atoms with van der Waals surface area (Å²) in [5.74, 6) is -1.91. The Kier molecular flexibility index (Phi) is 4.29. The lowest BCUT2D eigenvalue weighted by Gasteiger charge is -2.27. The number of carbonyl (C=O) groups is 4. The molecule has 0 spiro atoms. The van der Waals surface area contributed by atoms with E-state index < -0.39 is 23.8 Å². The zero-order valence-electron chi connectivity index (χ0n) is 14.2. The molecule has 1 aromatic rings. The maximum absolute atomic E-state index is 12.7. The van der Waals surface area contributed by atoms with Crippen LogP contribution in [-0.4, -0.2) is 53.7 Å². The van der Waals surface area contributed by atoms with E-state index in [1.165, 1.54) is 0 Å². The van der Waals surface area contributed by atoms with Crippen molar-refractivity contribution in [1.82, 2.24) is 20.9 Å². The Morgan fingerprint density at radius 2 is 1.85 bits per heavy atom. The van der Waals surface area contributed by atoms with Crippen molar-refractivity contribution < 1.29 is 19.2 Å². The highest BCUT2D eigenvalue weighted by Crippen LogP contribution is 2.28. The molecule has 3 aliphatic rings. The first kappa shape index (κ1) is 16.9. The molecule has 2 fully saturated rings. The molecule has 2 saturated heterocycles. The van der Waals surface area contributed by atoms with Crippen LogP contribution in [0.1, 0.15) is 45.5 Å². The smallest absolute Gasteiger partial charge is 0.262 e. The average Bonchev–Trinajstić information content (AvgIpc) is 2.81. The van der Waals surface area contributed by atoms with E-state index in [0.29, 0.717) is 23.7 Å². The van der Waals surface area contributed by atoms with Crippen molar-refractivity contribution in [3.63, 3.8) is 0 Å². The highest BCUT2D eigenvalue weighted by Gasteiger charge is 2.44. The van der Waals surface area contributed by atoms with Gasteiger partial charge in [-0.3, -0.25) is 29.4 Å². The van der Waals surface area contributed by atoms with E-state index >= 15 is 0 Å². The molecular weight excluding hydrogens is 336 g/mol. The summed E-state index contributed by atoms with van der Waals surface area (Å²) in [6, 6.07) is 4.74. The summed E-state index contributed by atoms with van der Waals surface area (Å²) in [4.78, 5) is 49.7. The molecule has 0 aliphatic carbocycles. The normalized spacial score (nSPS) is 25.2. The first-order valence-electron chi connectivity index (χ1n) is 8.83. The van der Waals surface area contributed by atoms with Crippen LogP contribution < -0.4 is 16.0 Å². The lowest BCUT2D eigenvalue weighted by atomic mass is 10.0. The fraction of sp³-hybridized carbons (Fsp3) is 0.444. The standard InChI is InChI=1S/C18H20N4O4/c23-15-4-3-14(16(24)21-15)22-17(25)12-2-1-10(7-13(12)18(22)26)8-19-9-11-5-6-20-11/h1-2,7,11,14,19-20H,3-6,8-9H2,(H,21,23,24)/t11-,14?/m0/s1. The van der Waals surface area contributed by atoms with E-state index in [1.54, 1.807) is 12.1 Å². The number of benzene rings is 1. The molecule has 4 rings (SSSR count). The number of hydrogen-bond acceptors (Lipinski definition) is 6. The average molecular weight is 356 g/mol. The van der Waals surface area contributed by atoms with E-state index in [9.17, 15) is 19.2 Å². The molecule has 2 atom stereocenters. The van der Waals surface area contributed by atoms with Crippen LogP contribution in [0.4, 0.5) is 0 Å². The van der Waals surface area contributed by atoms with E-state index in [0.717, 1.165) is 30.0 Å². The molecule has 0 bridgehead atoms. The molecule has 0 radical (unpaired) electrons. The summed E-state index contributed by atoms with van der Waals surface area (Å²) in [5.41, 5.74) is 1.54. The third kappa shape index (κ3) is 2.91. The van der Waals surface area contributed by atoms with Crippen molar-refractivity contribution in [2.75, 3.05) is 13.1 Å². The van der Waals surface area contributed by atoms with Crippen LogP contribution in [0.25, 0.3) is 0 Å². The van der Waals surface area contributed by atoms with Crippen molar-refractivity contribution in [2.24, 2.45) is 0 Å². The molecule has 3 heterocycles. The summed E-state index contributed by atoms with van der Waals surface area (Å²) in [6.07, 6.45) is 1.44. The number of piperidine rings is 1. The van der Waals surface area contributed by atoms with Gasteiger partial charge in [-0.15, -0.1) is 0 Å². The molecule has 0 saturated carbocycles. The van der Waals surface area contributed by atoms with Gasteiger partial charge in [-0.25, -0.2) is 0 Å². The predicted molar refractivity (Wildman–Crippen MR) is 91.2 cm³/mol. The second kappa shape index (κ2) is 6.62. The monoisotopic (exact) mass is 356 g/mol. The van der Waals surface area contributed by atoms with Crippen LogP contribution in [0.5, 0.6) is 0 Å². The summed E-state index contributed by atoms with van der Waals surface area (Å²) in [5, 5.41) is 8.83. The topological polar surface area (TPSA) is 108 Å². The lowest BCUT2D eigenvalue weighted by Crippen LogP contribution is -2.54. The van der Waals surface area contributed by atoms with Gasteiger partial charge in [0, 0.05) is 25.6 Å². The highest BCUT2D eigenvalue weighted by atomic mass is 16.2. The third-order valence-electron chi connectivity index (χ3n) is 5.15. The van der Waals surface area contributed by atoms with Gasteiger partial charge in [-0.2, -0.15) is 0 Å². The van der Waals surface area contributed by atoms with Gasteiger partial charge in [-0.05, 0) is 37.1 Å². The molecule has 1 aromatic carbocycles. The van der Waals surface area contributed by atoms with Crippen molar-refractivity contribution in [2.45, 2.75) is 37.9 Å². The quantitative estimate of drug-likeness (QED) is 0.616. The molecule has 0 aromatic heterocycles. The number of imide groups is 2. The van der Waals surface area contributed by atoms with E-state index in [2.05, 4.69) is 16.0 Å². The molecule has 3 aliphatic heterocycles. The fourth-order valence-electron chi connectivity index (χ4n) is 3.54. The first-order chi connectivity index (χ1) is 12.5. The summed E-state index contributed by atoms with van der Waals surface area (Å²) in [7, 11) is 0. The van der Waals surface area contributed by atoms with E-state index in [1.807, 2.05) is 6.07 Å². The van der Waals surface area contributed by atoms with Crippen molar-refractivity contribution >= 4 is 23.6 Å². The largest absolute Gasteiger partial charge is 0.313 e. The van der Waals surface area contributed by atoms with Crippen LogP contribution in [0, 0.1) is 0 Å². The van der Waals surface area contributed by atoms with Gasteiger partial charge < -0.3 is 10.6 Å².